The Bertz CT molecular complexity index is 1470. The van der Waals surface area contributed by atoms with Crippen molar-refractivity contribution in [1.82, 2.24) is 14.7 Å². The molecule has 0 saturated carbocycles. The Morgan fingerprint density at radius 3 is 2.51 bits per heavy atom. The summed E-state index contributed by atoms with van der Waals surface area (Å²) in [5.74, 6) is -0.608. The summed E-state index contributed by atoms with van der Waals surface area (Å²) in [6, 6.07) is 9.07. The fourth-order valence-corrected chi connectivity index (χ4v) is 5.48. The van der Waals surface area contributed by atoms with Gasteiger partial charge in [0.15, 0.2) is 11.6 Å². The summed E-state index contributed by atoms with van der Waals surface area (Å²) in [4.78, 5) is 19.4. The number of rotatable bonds is 4. The molecule has 4 aromatic rings. The molecule has 2 aliphatic rings. The first kappa shape index (κ1) is 23.6. The molecule has 192 valence electrons. The van der Waals surface area contributed by atoms with Crippen LogP contribution in [0.1, 0.15) is 48.6 Å². The second-order valence-electron chi connectivity index (χ2n) is 9.47. The highest BCUT2D eigenvalue weighted by Crippen LogP contribution is 2.39. The smallest absolute Gasteiger partial charge is 0.414 e. The van der Waals surface area contributed by atoms with Crippen LogP contribution in [-0.2, 0) is 9.47 Å². The van der Waals surface area contributed by atoms with Gasteiger partial charge < -0.3 is 18.6 Å². The molecule has 1 atom stereocenters. The first-order chi connectivity index (χ1) is 17.9. The van der Waals surface area contributed by atoms with Crippen molar-refractivity contribution < 1.29 is 27.6 Å². The highest BCUT2D eigenvalue weighted by atomic mass is 19.2. The van der Waals surface area contributed by atoms with E-state index in [0.717, 1.165) is 58.6 Å². The maximum atomic E-state index is 14.2. The summed E-state index contributed by atoms with van der Waals surface area (Å²) in [6.07, 6.45) is 1.43. The number of hydrogen-bond donors (Lipinski definition) is 0. The number of nitrogens with zero attached hydrogens (tertiary/aromatic N) is 4. The number of halogens is 2. The van der Waals surface area contributed by atoms with Gasteiger partial charge in [-0.25, -0.2) is 18.6 Å². The molecule has 0 bridgehead atoms. The molecule has 2 aliphatic heterocycles. The SMILES string of the molecule is Cc1noc(C)c1-c1ccc2c(c1)nc([C@@H]1CCOC(=O)N1c1ccc(F)c(F)c1)n2C1CCOCC1. The van der Waals surface area contributed by atoms with Gasteiger partial charge >= 0.3 is 6.09 Å². The van der Waals surface area contributed by atoms with Gasteiger partial charge in [-0.15, -0.1) is 0 Å². The predicted octanol–water partition coefficient (Wildman–Crippen LogP) is 6.03. The van der Waals surface area contributed by atoms with Crippen molar-refractivity contribution in [2.45, 2.75) is 45.2 Å². The molecule has 2 aromatic carbocycles. The fourth-order valence-electron chi connectivity index (χ4n) is 5.48. The Balaban J connectivity index is 1.52. The summed E-state index contributed by atoms with van der Waals surface area (Å²) in [6.45, 7) is 5.22. The van der Waals surface area contributed by atoms with Gasteiger partial charge in [-0.1, -0.05) is 11.2 Å². The Morgan fingerprint density at radius 2 is 1.78 bits per heavy atom. The van der Waals surface area contributed by atoms with Crippen LogP contribution >= 0.6 is 0 Å². The van der Waals surface area contributed by atoms with Crippen LogP contribution in [0.5, 0.6) is 0 Å². The summed E-state index contributed by atoms with van der Waals surface area (Å²) in [5, 5.41) is 4.08. The zero-order valence-corrected chi connectivity index (χ0v) is 20.5. The number of imidazole rings is 1. The molecule has 2 saturated heterocycles. The van der Waals surface area contributed by atoms with Gasteiger partial charge in [0.25, 0.3) is 0 Å². The minimum atomic E-state index is -1.03. The molecule has 0 N–H and O–H groups in total. The molecule has 10 heteroatoms. The first-order valence-electron chi connectivity index (χ1n) is 12.4. The van der Waals surface area contributed by atoms with Gasteiger partial charge in [0.05, 0.1) is 29.0 Å². The summed E-state index contributed by atoms with van der Waals surface area (Å²) in [5.41, 5.74) is 4.57. The second kappa shape index (κ2) is 9.26. The largest absolute Gasteiger partial charge is 0.449 e. The van der Waals surface area contributed by atoms with Crippen LogP contribution in [0.3, 0.4) is 0 Å². The van der Waals surface area contributed by atoms with E-state index < -0.39 is 23.8 Å². The van der Waals surface area contributed by atoms with E-state index in [9.17, 15) is 13.6 Å². The summed E-state index contributed by atoms with van der Waals surface area (Å²) in [7, 11) is 0. The van der Waals surface area contributed by atoms with E-state index in [1.54, 1.807) is 0 Å². The molecular formula is C27H26F2N4O4. The van der Waals surface area contributed by atoms with Crippen molar-refractivity contribution >= 4 is 22.8 Å². The normalized spacial score (nSPS) is 19.0. The molecule has 0 unspecified atom stereocenters. The van der Waals surface area contributed by atoms with E-state index in [0.29, 0.717) is 25.5 Å². The van der Waals surface area contributed by atoms with Crippen molar-refractivity contribution in [2.75, 3.05) is 24.7 Å². The van der Waals surface area contributed by atoms with Crippen molar-refractivity contribution in [3.8, 4) is 11.1 Å². The van der Waals surface area contributed by atoms with Crippen LogP contribution in [0.4, 0.5) is 19.3 Å². The van der Waals surface area contributed by atoms with Crippen molar-refractivity contribution in [2.24, 2.45) is 0 Å². The Labute approximate surface area is 211 Å². The number of benzene rings is 2. The molecule has 0 radical (unpaired) electrons. The van der Waals surface area contributed by atoms with E-state index in [1.807, 2.05) is 32.0 Å². The molecule has 1 amide bonds. The molecule has 0 aliphatic carbocycles. The van der Waals surface area contributed by atoms with Crippen molar-refractivity contribution in [1.29, 1.82) is 0 Å². The van der Waals surface area contributed by atoms with Gasteiger partial charge in [-0.05, 0) is 56.5 Å². The van der Waals surface area contributed by atoms with Crippen LogP contribution < -0.4 is 4.90 Å². The zero-order valence-electron chi connectivity index (χ0n) is 20.5. The average Bonchev–Trinajstić information content (AvgIpc) is 3.44. The highest BCUT2D eigenvalue weighted by Gasteiger charge is 2.37. The van der Waals surface area contributed by atoms with Crippen LogP contribution in [0.2, 0.25) is 0 Å². The summed E-state index contributed by atoms with van der Waals surface area (Å²) < 4.78 is 46.3. The van der Waals surface area contributed by atoms with E-state index in [2.05, 4.69) is 9.72 Å². The van der Waals surface area contributed by atoms with Gasteiger partial charge in [0.1, 0.15) is 17.6 Å². The molecule has 6 rings (SSSR count). The maximum Gasteiger partial charge on any atom is 0.414 e. The predicted molar refractivity (Wildman–Crippen MR) is 131 cm³/mol. The number of ether oxygens (including phenoxy) is 2. The minimum Gasteiger partial charge on any atom is -0.449 e. The lowest BCUT2D eigenvalue weighted by molar-refractivity contribution is 0.0688. The minimum absolute atomic E-state index is 0.114. The molecule has 2 aromatic heterocycles. The topological polar surface area (TPSA) is 82.6 Å². The number of amides is 1. The number of aryl methyl sites for hydroxylation is 2. The quantitative estimate of drug-likeness (QED) is 0.335. The van der Waals surface area contributed by atoms with E-state index >= 15 is 0 Å². The van der Waals surface area contributed by atoms with Crippen LogP contribution in [0.15, 0.2) is 40.9 Å². The van der Waals surface area contributed by atoms with Crippen LogP contribution in [0.25, 0.3) is 22.2 Å². The van der Waals surface area contributed by atoms with Crippen molar-refractivity contribution in [3.63, 3.8) is 0 Å². The Hall–Kier alpha value is -3.79. The van der Waals surface area contributed by atoms with Crippen molar-refractivity contribution in [3.05, 3.63) is 65.3 Å². The lowest BCUT2D eigenvalue weighted by Crippen LogP contribution is -2.42. The monoisotopic (exact) mass is 508 g/mol. The standard InChI is InChI=1S/C27H26F2N4O4/c1-15-25(16(2)37-31-15)17-3-6-23-22(13-17)30-26(32(23)18-7-10-35-11-8-18)24-9-12-36-27(34)33(24)19-4-5-20(28)21(29)14-19/h3-6,13-14,18,24H,7-12H2,1-2H3/t24-/m0/s1. The first-order valence-corrected chi connectivity index (χ1v) is 12.4. The lowest BCUT2D eigenvalue weighted by atomic mass is 10.0. The van der Waals surface area contributed by atoms with Gasteiger partial charge in [-0.3, -0.25) is 4.90 Å². The van der Waals surface area contributed by atoms with Gasteiger partial charge in [0.2, 0.25) is 0 Å². The van der Waals surface area contributed by atoms with E-state index in [4.69, 9.17) is 19.0 Å². The van der Waals surface area contributed by atoms with E-state index in [-0.39, 0.29) is 18.3 Å². The number of anilines is 1. The fraction of sp³-hybridized carbons (Fsp3) is 0.370. The third-order valence-electron chi connectivity index (χ3n) is 7.20. The third-order valence-corrected chi connectivity index (χ3v) is 7.20. The molecule has 4 heterocycles. The van der Waals surface area contributed by atoms with Gasteiger partial charge in [-0.2, -0.15) is 0 Å². The number of cyclic esters (lactones) is 1. The highest BCUT2D eigenvalue weighted by molar-refractivity contribution is 5.90. The summed E-state index contributed by atoms with van der Waals surface area (Å²) >= 11 is 0. The molecule has 8 nitrogen and oxygen atoms in total. The van der Waals surface area contributed by atoms with Crippen LogP contribution in [0, 0.1) is 25.5 Å². The molecule has 2 fully saturated rings. The number of fused-ring (bicyclic) bond motifs is 1. The number of carbonyl (C=O) groups is 1. The van der Waals surface area contributed by atoms with Crippen LogP contribution in [-0.4, -0.2) is 40.6 Å². The number of hydrogen-bond acceptors (Lipinski definition) is 6. The molecular weight excluding hydrogens is 482 g/mol. The number of aromatic nitrogens is 3. The zero-order chi connectivity index (χ0) is 25.7. The second-order valence-corrected chi connectivity index (χ2v) is 9.47. The Morgan fingerprint density at radius 1 is 0.973 bits per heavy atom. The van der Waals surface area contributed by atoms with E-state index in [1.165, 1.54) is 11.0 Å². The Kier molecular flexibility index (Phi) is 5.91. The molecule has 0 spiro atoms. The molecule has 37 heavy (non-hydrogen) atoms. The number of carbonyl (C=O) groups excluding carboxylic acids is 1. The van der Waals surface area contributed by atoms with Gasteiger partial charge in [0, 0.05) is 37.3 Å². The maximum absolute atomic E-state index is 14.2. The third kappa shape index (κ3) is 4.05. The average molecular weight is 509 g/mol. The lowest BCUT2D eigenvalue weighted by Gasteiger charge is -2.36.